The van der Waals surface area contributed by atoms with Gasteiger partial charge in [-0.1, -0.05) is 30.3 Å². The summed E-state index contributed by atoms with van der Waals surface area (Å²) in [6.07, 6.45) is -0.524. The smallest absolute Gasteiger partial charge is 0.349 e. The van der Waals surface area contributed by atoms with Crippen molar-refractivity contribution in [3.8, 4) is 0 Å². The molecule has 2 fully saturated rings. The first kappa shape index (κ1) is 25.6. The molecule has 36 heavy (non-hydrogen) atoms. The highest BCUT2D eigenvalue weighted by Gasteiger charge is 2.39. The lowest BCUT2D eigenvalue weighted by Crippen LogP contribution is -2.63. The monoisotopic (exact) mass is 504 g/mol. The van der Waals surface area contributed by atoms with E-state index in [9.17, 15) is 32.9 Å². The molecule has 8 nitrogen and oxygen atoms in total. The first-order valence-corrected chi connectivity index (χ1v) is 11.8. The average Bonchev–Trinajstić information content (AvgIpc) is 2.84. The van der Waals surface area contributed by atoms with E-state index in [1.807, 2.05) is 6.07 Å². The second-order valence-electron chi connectivity index (χ2n) is 9.30. The summed E-state index contributed by atoms with van der Waals surface area (Å²) in [5.41, 5.74) is -1.69. The van der Waals surface area contributed by atoms with Crippen molar-refractivity contribution in [2.75, 3.05) is 19.6 Å². The van der Waals surface area contributed by atoms with E-state index in [4.69, 9.17) is 0 Å². The van der Waals surface area contributed by atoms with Crippen LogP contribution in [0.4, 0.5) is 18.9 Å². The van der Waals surface area contributed by atoms with Gasteiger partial charge in [0, 0.05) is 30.8 Å². The molecule has 192 valence electrons. The summed E-state index contributed by atoms with van der Waals surface area (Å²) in [5.74, 6) is -0.777. The molecule has 0 bridgehead atoms. The molecule has 2 aromatic carbocycles. The highest BCUT2D eigenvalue weighted by Crippen LogP contribution is 2.37. The highest BCUT2D eigenvalue weighted by atomic mass is 19.4. The molecule has 1 saturated heterocycles. The van der Waals surface area contributed by atoms with Crippen molar-refractivity contribution in [3.63, 3.8) is 0 Å². The van der Waals surface area contributed by atoms with Gasteiger partial charge in [-0.2, -0.15) is 13.2 Å². The lowest BCUT2D eigenvalue weighted by Gasteiger charge is -2.46. The third kappa shape index (κ3) is 6.01. The largest absolute Gasteiger partial charge is 0.423 e. The summed E-state index contributed by atoms with van der Waals surface area (Å²) in [7, 11) is 0. The molecule has 4 rings (SSSR count). The van der Waals surface area contributed by atoms with Gasteiger partial charge in [0.25, 0.3) is 11.6 Å². The number of nitro benzene ring substituents is 1. The SMILES string of the molecule is O=C(CNC(=O)c1ccc([N+](=O)[O-])c(C(F)(F)F)c1)NC1CN(C2CCC(c3ccccc3)CC2)C1. The maximum atomic E-state index is 13.1. The first-order chi connectivity index (χ1) is 17.1. The molecule has 1 aliphatic carbocycles. The number of benzene rings is 2. The zero-order chi connectivity index (χ0) is 25.9. The van der Waals surface area contributed by atoms with E-state index in [-0.39, 0.29) is 6.04 Å². The van der Waals surface area contributed by atoms with Crippen molar-refractivity contribution in [2.24, 2.45) is 0 Å². The predicted octanol–water partition coefficient (Wildman–Crippen LogP) is 3.87. The normalized spacial score (nSPS) is 20.9. The Morgan fingerprint density at radius 2 is 1.69 bits per heavy atom. The average molecular weight is 505 g/mol. The Hall–Kier alpha value is -3.47. The van der Waals surface area contributed by atoms with Crippen LogP contribution >= 0.6 is 0 Å². The van der Waals surface area contributed by atoms with Crippen LogP contribution in [0.25, 0.3) is 0 Å². The number of hydrogen-bond donors (Lipinski definition) is 2. The van der Waals surface area contributed by atoms with Gasteiger partial charge in [0.15, 0.2) is 0 Å². The number of carbonyl (C=O) groups excluding carboxylic acids is 2. The molecule has 2 aromatic rings. The Kier molecular flexibility index (Phi) is 7.58. The van der Waals surface area contributed by atoms with Crippen molar-refractivity contribution >= 4 is 17.5 Å². The van der Waals surface area contributed by atoms with Gasteiger partial charge in [-0.25, -0.2) is 0 Å². The van der Waals surface area contributed by atoms with Crippen LogP contribution < -0.4 is 10.6 Å². The van der Waals surface area contributed by atoms with Crippen molar-refractivity contribution in [3.05, 3.63) is 75.3 Å². The molecule has 1 aliphatic heterocycles. The van der Waals surface area contributed by atoms with Crippen LogP contribution in [0, 0.1) is 10.1 Å². The van der Waals surface area contributed by atoms with Crippen LogP contribution in [-0.2, 0) is 11.0 Å². The Bertz CT molecular complexity index is 1110. The lowest BCUT2D eigenvalue weighted by molar-refractivity contribution is -0.388. The van der Waals surface area contributed by atoms with Gasteiger partial charge in [-0.3, -0.25) is 24.6 Å². The number of halogens is 3. The van der Waals surface area contributed by atoms with E-state index in [0.717, 1.165) is 44.8 Å². The molecule has 2 amide bonds. The maximum absolute atomic E-state index is 13.1. The number of likely N-dealkylation sites (tertiary alicyclic amines) is 1. The molecule has 1 saturated carbocycles. The zero-order valence-electron chi connectivity index (χ0n) is 19.5. The molecule has 0 spiro atoms. The van der Waals surface area contributed by atoms with E-state index in [1.54, 1.807) is 0 Å². The van der Waals surface area contributed by atoms with Crippen LogP contribution in [0.3, 0.4) is 0 Å². The first-order valence-electron chi connectivity index (χ1n) is 11.8. The molecule has 0 atom stereocenters. The zero-order valence-corrected chi connectivity index (χ0v) is 19.5. The number of nitro groups is 1. The fourth-order valence-electron chi connectivity index (χ4n) is 5.01. The summed E-state index contributed by atoms with van der Waals surface area (Å²) in [6.45, 7) is 1.03. The molecule has 11 heteroatoms. The number of hydrogen-bond acceptors (Lipinski definition) is 5. The van der Waals surface area contributed by atoms with Crippen molar-refractivity contribution in [2.45, 2.75) is 49.9 Å². The number of nitrogens with one attached hydrogen (secondary N) is 2. The summed E-state index contributed by atoms with van der Waals surface area (Å²) in [5, 5.41) is 15.9. The Balaban J connectivity index is 1.20. The van der Waals surface area contributed by atoms with E-state index in [1.165, 1.54) is 5.56 Å². The summed E-state index contributed by atoms with van der Waals surface area (Å²) in [6, 6.07) is 12.9. The number of nitrogens with zero attached hydrogens (tertiary/aromatic N) is 2. The fourth-order valence-corrected chi connectivity index (χ4v) is 5.01. The van der Waals surface area contributed by atoms with Crippen molar-refractivity contribution in [1.29, 1.82) is 0 Å². The maximum Gasteiger partial charge on any atom is 0.423 e. The molecule has 0 aromatic heterocycles. The topological polar surface area (TPSA) is 105 Å². The van der Waals surface area contributed by atoms with Gasteiger partial charge >= 0.3 is 6.18 Å². The molecular formula is C25H27F3N4O4. The highest BCUT2D eigenvalue weighted by molar-refractivity contribution is 5.97. The van der Waals surface area contributed by atoms with E-state index < -0.39 is 46.3 Å². The van der Waals surface area contributed by atoms with E-state index >= 15 is 0 Å². The molecule has 2 aliphatic rings. The fraction of sp³-hybridized carbons (Fsp3) is 0.440. The summed E-state index contributed by atoms with van der Waals surface area (Å²) >= 11 is 0. The van der Waals surface area contributed by atoms with Gasteiger partial charge < -0.3 is 10.6 Å². The number of carbonyl (C=O) groups is 2. The quantitative estimate of drug-likeness (QED) is 0.440. The van der Waals surface area contributed by atoms with Crippen LogP contribution in [0.2, 0.25) is 0 Å². The number of rotatable bonds is 7. The second-order valence-corrected chi connectivity index (χ2v) is 9.30. The van der Waals surface area contributed by atoms with Crippen LogP contribution in [0.1, 0.15) is 53.1 Å². The number of amides is 2. The third-order valence-corrected chi connectivity index (χ3v) is 6.93. The van der Waals surface area contributed by atoms with Gasteiger partial charge in [0.05, 0.1) is 17.5 Å². The van der Waals surface area contributed by atoms with Gasteiger partial charge in [0.2, 0.25) is 5.91 Å². The molecular weight excluding hydrogens is 477 g/mol. The van der Waals surface area contributed by atoms with Gasteiger partial charge in [0.1, 0.15) is 5.56 Å². The van der Waals surface area contributed by atoms with E-state index in [0.29, 0.717) is 24.1 Å². The summed E-state index contributed by atoms with van der Waals surface area (Å²) in [4.78, 5) is 36.5. The minimum atomic E-state index is -4.99. The Morgan fingerprint density at radius 1 is 1.03 bits per heavy atom. The molecule has 2 N–H and O–H groups in total. The minimum absolute atomic E-state index is 0.0440. The molecule has 0 radical (unpaired) electrons. The summed E-state index contributed by atoms with van der Waals surface area (Å²) < 4.78 is 39.3. The van der Waals surface area contributed by atoms with Crippen LogP contribution in [-0.4, -0.2) is 53.4 Å². The van der Waals surface area contributed by atoms with E-state index in [2.05, 4.69) is 39.8 Å². The standard InChI is InChI=1S/C25H27F3N4O4/c26-25(27,28)21-12-18(8-11-22(21)32(35)36)24(34)29-13-23(33)30-19-14-31(15-19)20-9-6-17(7-10-20)16-4-2-1-3-5-16/h1-5,8,11-12,17,19-20H,6-7,9-10,13-15H2,(H,29,34)(H,30,33). The minimum Gasteiger partial charge on any atom is -0.349 e. The Morgan fingerprint density at radius 3 is 2.31 bits per heavy atom. The number of alkyl halides is 3. The van der Waals surface area contributed by atoms with Crippen LogP contribution in [0.5, 0.6) is 0 Å². The Labute approximate surface area is 206 Å². The van der Waals surface area contributed by atoms with Gasteiger partial charge in [-0.05, 0) is 49.3 Å². The van der Waals surface area contributed by atoms with Crippen LogP contribution in [0.15, 0.2) is 48.5 Å². The second kappa shape index (κ2) is 10.7. The van der Waals surface area contributed by atoms with Gasteiger partial charge in [-0.15, -0.1) is 0 Å². The lowest BCUT2D eigenvalue weighted by atomic mass is 9.80. The third-order valence-electron chi connectivity index (χ3n) is 6.93. The molecule has 1 heterocycles. The predicted molar refractivity (Wildman–Crippen MR) is 125 cm³/mol. The van der Waals surface area contributed by atoms with Crippen molar-refractivity contribution < 1.29 is 27.7 Å². The molecule has 0 unspecified atom stereocenters. The van der Waals surface area contributed by atoms with Crippen molar-refractivity contribution in [1.82, 2.24) is 15.5 Å².